The van der Waals surface area contributed by atoms with Gasteiger partial charge in [-0.05, 0) is 30.0 Å². The lowest BCUT2D eigenvalue weighted by Gasteiger charge is -2.05. The highest BCUT2D eigenvalue weighted by atomic mass is 32.2. The van der Waals surface area contributed by atoms with Gasteiger partial charge in [-0.25, -0.2) is 0 Å². The zero-order valence-corrected chi connectivity index (χ0v) is 10.6. The summed E-state index contributed by atoms with van der Waals surface area (Å²) in [7, 11) is -0.811. The quantitative estimate of drug-likeness (QED) is 0.787. The smallest absolute Gasteiger partial charge is 0.0991 e. The molecule has 1 aromatic rings. The van der Waals surface area contributed by atoms with Gasteiger partial charge in [0.15, 0.2) is 0 Å². The lowest BCUT2D eigenvalue weighted by atomic mass is 10.2. The highest BCUT2D eigenvalue weighted by Gasteiger charge is 2.04. The minimum atomic E-state index is -0.811. The number of nitriles is 1. The lowest BCUT2D eigenvalue weighted by Crippen LogP contribution is -2.04. The predicted molar refractivity (Wildman–Crippen MR) is 67.3 cm³/mol. The Morgan fingerprint density at radius 3 is 2.81 bits per heavy atom. The van der Waals surface area contributed by atoms with Gasteiger partial charge in [0.05, 0.1) is 11.6 Å². The molecule has 0 radical (unpaired) electrons. The van der Waals surface area contributed by atoms with E-state index in [2.05, 4.69) is 19.9 Å². The molecule has 0 saturated carbocycles. The van der Waals surface area contributed by atoms with Crippen LogP contribution in [-0.2, 0) is 16.6 Å². The summed E-state index contributed by atoms with van der Waals surface area (Å²) >= 11 is 0. The number of rotatable bonds is 5. The van der Waals surface area contributed by atoms with Crippen molar-refractivity contribution in [2.24, 2.45) is 5.92 Å². The molecule has 0 saturated heterocycles. The molecule has 86 valence electrons. The van der Waals surface area contributed by atoms with Crippen LogP contribution in [0.1, 0.15) is 31.4 Å². The Balaban J connectivity index is 2.53. The summed E-state index contributed by atoms with van der Waals surface area (Å²) in [6.07, 6.45) is 0.991. The molecule has 2 nitrogen and oxygen atoms in total. The van der Waals surface area contributed by atoms with Crippen LogP contribution >= 0.6 is 0 Å². The van der Waals surface area contributed by atoms with E-state index in [9.17, 15) is 4.21 Å². The molecule has 1 aromatic carbocycles. The lowest BCUT2D eigenvalue weighted by molar-refractivity contribution is 0.619. The first kappa shape index (κ1) is 12.9. The van der Waals surface area contributed by atoms with E-state index in [4.69, 9.17) is 5.26 Å². The van der Waals surface area contributed by atoms with Gasteiger partial charge in [-0.3, -0.25) is 4.21 Å². The average molecular weight is 235 g/mol. The van der Waals surface area contributed by atoms with E-state index in [1.54, 1.807) is 6.07 Å². The van der Waals surface area contributed by atoms with Crippen LogP contribution in [0.25, 0.3) is 0 Å². The van der Waals surface area contributed by atoms with E-state index in [1.165, 1.54) is 0 Å². The Morgan fingerprint density at radius 1 is 1.44 bits per heavy atom. The van der Waals surface area contributed by atoms with Crippen LogP contribution in [0.4, 0.5) is 0 Å². The number of hydrogen-bond acceptors (Lipinski definition) is 2. The van der Waals surface area contributed by atoms with Crippen LogP contribution in [0.2, 0.25) is 0 Å². The zero-order valence-electron chi connectivity index (χ0n) is 9.77. The molecule has 1 rings (SSSR count). The molecular weight excluding hydrogens is 218 g/mol. The summed E-state index contributed by atoms with van der Waals surface area (Å²) in [6, 6.07) is 9.43. The van der Waals surface area contributed by atoms with Crippen molar-refractivity contribution in [1.29, 1.82) is 5.26 Å². The third kappa shape index (κ3) is 4.59. The van der Waals surface area contributed by atoms with Crippen molar-refractivity contribution in [3.05, 3.63) is 35.4 Å². The second kappa shape index (κ2) is 6.44. The van der Waals surface area contributed by atoms with Crippen molar-refractivity contribution in [1.82, 2.24) is 0 Å². The minimum absolute atomic E-state index is 0.558. The molecule has 0 aliphatic rings. The fraction of sp³-hybridized carbons (Fsp3) is 0.462. The Morgan fingerprint density at radius 2 is 2.19 bits per heavy atom. The third-order valence-corrected chi connectivity index (χ3v) is 3.65. The summed E-state index contributed by atoms with van der Waals surface area (Å²) in [5.74, 6) is 1.89. The fourth-order valence-electron chi connectivity index (χ4n) is 1.36. The normalized spacial score (nSPS) is 12.4. The molecule has 1 atom stereocenters. The molecule has 0 heterocycles. The van der Waals surface area contributed by atoms with Crippen molar-refractivity contribution < 1.29 is 4.21 Å². The van der Waals surface area contributed by atoms with E-state index in [0.717, 1.165) is 17.7 Å². The fourth-order valence-corrected chi connectivity index (χ4v) is 2.79. The van der Waals surface area contributed by atoms with Crippen LogP contribution in [0, 0.1) is 17.2 Å². The largest absolute Gasteiger partial charge is 0.259 e. The van der Waals surface area contributed by atoms with Crippen LogP contribution in [0.5, 0.6) is 0 Å². The third-order valence-electron chi connectivity index (χ3n) is 2.31. The number of hydrogen-bond donors (Lipinski definition) is 0. The van der Waals surface area contributed by atoms with E-state index in [-0.39, 0.29) is 0 Å². The molecule has 0 aromatic heterocycles. The van der Waals surface area contributed by atoms with Crippen LogP contribution in [-0.4, -0.2) is 9.96 Å². The van der Waals surface area contributed by atoms with Crippen LogP contribution in [0.15, 0.2) is 24.3 Å². The first-order chi connectivity index (χ1) is 7.61. The van der Waals surface area contributed by atoms with Gasteiger partial charge in [-0.1, -0.05) is 26.0 Å². The Labute approximate surface area is 99.8 Å². The molecule has 0 aliphatic heterocycles. The molecule has 3 heteroatoms. The van der Waals surface area contributed by atoms with E-state index >= 15 is 0 Å². The van der Waals surface area contributed by atoms with Gasteiger partial charge in [-0.2, -0.15) is 5.26 Å². The summed E-state index contributed by atoms with van der Waals surface area (Å²) < 4.78 is 11.7. The second-order valence-corrected chi connectivity index (χ2v) is 5.86. The minimum Gasteiger partial charge on any atom is -0.259 e. The van der Waals surface area contributed by atoms with Crippen molar-refractivity contribution in [2.75, 3.05) is 5.75 Å². The molecule has 0 spiro atoms. The van der Waals surface area contributed by atoms with Gasteiger partial charge in [0, 0.05) is 22.3 Å². The van der Waals surface area contributed by atoms with Gasteiger partial charge in [0.25, 0.3) is 0 Å². The standard InChI is InChI=1S/C13H17NOS/c1-11(2)6-7-16(15)10-13-5-3-4-12(8-13)9-14/h3-5,8,11H,6-7,10H2,1-2H3. The highest BCUT2D eigenvalue weighted by molar-refractivity contribution is 7.84. The van der Waals surface area contributed by atoms with Gasteiger partial charge in [-0.15, -0.1) is 0 Å². The summed E-state index contributed by atoms with van der Waals surface area (Å²) in [5.41, 5.74) is 1.62. The van der Waals surface area contributed by atoms with Gasteiger partial charge in [0.2, 0.25) is 0 Å². The molecule has 0 amide bonds. The molecule has 0 bridgehead atoms. The maximum atomic E-state index is 11.7. The van der Waals surface area contributed by atoms with Crippen molar-refractivity contribution in [3.8, 4) is 6.07 Å². The van der Waals surface area contributed by atoms with E-state index in [1.807, 2.05) is 18.2 Å². The summed E-state index contributed by atoms with van der Waals surface area (Å²) in [4.78, 5) is 0. The van der Waals surface area contributed by atoms with Gasteiger partial charge < -0.3 is 0 Å². The van der Waals surface area contributed by atoms with Crippen molar-refractivity contribution in [2.45, 2.75) is 26.0 Å². The highest BCUT2D eigenvalue weighted by Crippen LogP contribution is 2.09. The number of nitrogens with zero attached hydrogens (tertiary/aromatic N) is 1. The van der Waals surface area contributed by atoms with Gasteiger partial charge >= 0.3 is 0 Å². The second-order valence-electron chi connectivity index (χ2n) is 4.28. The summed E-state index contributed by atoms with van der Waals surface area (Å²) in [6.45, 7) is 4.26. The zero-order chi connectivity index (χ0) is 12.0. The topological polar surface area (TPSA) is 40.9 Å². The summed E-state index contributed by atoms with van der Waals surface area (Å²) in [5, 5.41) is 8.75. The van der Waals surface area contributed by atoms with Gasteiger partial charge in [0.1, 0.15) is 0 Å². The number of benzene rings is 1. The molecular formula is C13H17NOS. The van der Waals surface area contributed by atoms with E-state index in [0.29, 0.717) is 17.2 Å². The first-order valence-electron chi connectivity index (χ1n) is 5.46. The van der Waals surface area contributed by atoms with Crippen molar-refractivity contribution >= 4 is 10.8 Å². The molecule has 0 N–H and O–H groups in total. The van der Waals surface area contributed by atoms with Crippen molar-refractivity contribution in [3.63, 3.8) is 0 Å². The molecule has 1 unspecified atom stereocenters. The first-order valence-corrected chi connectivity index (χ1v) is 6.94. The molecule has 16 heavy (non-hydrogen) atoms. The molecule has 0 fully saturated rings. The molecule has 0 aliphatic carbocycles. The Bertz CT molecular complexity index is 407. The van der Waals surface area contributed by atoms with Crippen LogP contribution < -0.4 is 0 Å². The maximum absolute atomic E-state index is 11.7. The Hall–Kier alpha value is -1.14. The average Bonchev–Trinajstić information content (AvgIpc) is 2.26. The predicted octanol–water partition coefficient (Wildman–Crippen LogP) is 2.85. The van der Waals surface area contributed by atoms with E-state index < -0.39 is 10.8 Å². The maximum Gasteiger partial charge on any atom is 0.0991 e. The monoisotopic (exact) mass is 235 g/mol. The SMILES string of the molecule is CC(C)CCS(=O)Cc1cccc(C#N)c1. The Kier molecular flexibility index (Phi) is 5.21. The van der Waals surface area contributed by atoms with Crippen LogP contribution in [0.3, 0.4) is 0 Å².